The van der Waals surface area contributed by atoms with Gasteiger partial charge in [-0.25, -0.2) is 4.79 Å². The van der Waals surface area contributed by atoms with Gasteiger partial charge in [-0.05, 0) is 47.7 Å². The van der Waals surface area contributed by atoms with E-state index in [4.69, 9.17) is 28.4 Å². The molecule has 3 atom stereocenters. The van der Waals surface area contributed by atoms with Crippen LogP contribution in [0.5, 0.6) is 0 Å². The number of carbonyl (C=O) groups is 1. The third-order valence-corrected chi connectivity index (χ3v) is 5.91. The van der Waals surface area contributed by atoms with E-state index in [0.717, 1.165) is 29.2 Å². The Kier molecular flexibility index (Phi) is 11.8. The van der Waals surface area contributed by atoms with E-state index in [0.29, 0.717) is 19.6 Å². The lowest BCUT2D eigenvalue weighted by Gasteiger charge is -2.38. The van der Waals surface area contributed by atoms with Gasteiger partial charge in [-0.3, -0.25) is 0 Å². The van der Waals surface area contributed by atoms with Crippen molar-refractivity contribution in [3.8, 4) is 0 Å². The molecule has 204 valence electrons. The lowest BCUT2D eigenvalue weighted by molar-refractivity contribution is -0.195. The fourth-order valence-electron chi connectivity index (χ4n) is 4.05. The minimum absolute atomic E-state index is 0.00771. The standard InChI is InChI=1S/C29H40O8/c1-4-13-32-20-36-26-18-29(31,28(30)34-15-6-3)17-25(27(26)37-21-33-14-5-2)35-19-22-11-12-23-9-7-8-10-24(23)16-22/h7-12,16-17,26-27,31H,4-6,13-15,18-21H2,1-3H3/t26-,27-,29+/m1/s1. The molecule has 1 N–H and O–H groups in total. The van der Waals surface area contributed by atoms with E-state index in [1.807, 2.05) is 63.2 Å². The van der Waals surface area contributed by atoms with Crippen LogP contribution in [0.1, 0.15) is 52.0 Å². The monoisotopic (exact) mass is 516 g/mol. The summed E-state index contributed by atoms with van der Waals surface area (Å²) in [7, 11) is 0. The van der Waals surface area contributed by atoms with Crippen molar-refractivity contribution in [3.63, 3.8) is 0 Å². The fourth-order valence-corrected chi connectivity index (χ4v) is 4.05. The van der Waals surface area contributed by atoms with Gasteiger partial charge in [0, 0.05) is 19.6 Å². The summed E-state index contributed by atoms with van der Waals surface area (Å²) in [6, 6.07) is 14.1. The van der Waals surface area contributed by atoms with Crippen LogP contribution in [-0.2, 0) is 39.8 Å². The van der Waals surface area contributed by atoms with E-state index in [2.05, 4.69) is 0 Å². The number of carbonyl (C=O) groups excluding carboxylic acids is 1. The number of hydrogen-bond donors (Lipinski definition) is 1. The number of aliphatic hydroxyl groups is 1. The molecule has 0 amide bonds. The Morgan fingerprint density at radius 1 is 0.919 bits per heavy atom. The summed E-state index contributed by atoms with van der Waals surface area (Å²) in [4.78, 5) is 12.8. The van der Waals surface area contributed by atoms with Crippen molar-refractivity contribution in [1.29, 1.82) is 0 Å². The summed E-state index contributed by atoms with van der Waals surface area (Å²) < 4.78 is 34.5. The van der Waals surface area contributed by atoms with Gasteiger partial charge in [-0.1, -0.05) is 57.2 Å². The van der Waals surface area contributed by atoms with Gasteiger partial charge in [0.05, 0.1) is 12.7 Å². The van der Waals surface area contributed by atoms with Gasteiger partial charge >= 0.3 is 5.97 Å². The van der Waals surface area contributed by atoms with Crippen molar-refractivity contribution in [2.24, 2.45) is 0 Å². The van der Waals surface area contributed by atoms with Gasteiger partial charge in [0.25, 0.3) is 0 Å². The van der Waals surface area contributed by atoms with E-state index in [9.17, 15) is 9.90 Å². The van der Waals surface area contributed by atoms with Gasteiger partial charge in [0.15, 0.2) is 5.60 Å². The number of hydrogen-bond acceptors (Lipinski definition) is 8. The first kappa shape index (κ1) is 29.1. The van der Waals surface area contributed by atoms with Crippen LogP contribution in [-0.4, -0.2) is 62.3 Å². The average Bonchev–Trinajstić information content (AvgIpc) is 2.91. The van der Waals surface area contributed by atoms with E-state index in [-0.39, 0.29) is 39.0 Å². The third kappa shape index (κ3) is 8.51. The van der Waals surface area contributed by atoms with Gasteiger partial charge in [0.2, 0.25) is 0 Å². The summed E-state index contributed by atoms with van der Waals surface area (Å²) in [5, 5.41) is 13.6. The molecule has 0 unspecified atom stereocenters. The number of benzene rings is 2. The van der Waals surface area contributed by atoms with Crippen molar-refractivity contribution in [2.75, 3.05) is 33.4 Å². The van der Waals surface area contributed by atoms with Crippen molar-refractivity contribution in [1.82, 2.24) is 0 Å². The Bertz CT molecular complexity index is 1010. The minimum Gasteiger partial charge on any atom is -0.491 e. The van der Waals surface area contributed by atoms with Crippen LogP contribution >= 0.6 is 0 Å². The molecule has 0 bridgehead atoms. The van der Waals surface area contributed by atoms with Crippen molar-refractivity contribution in [2.45, 2.75) is 70.9 Å². The summed E-state index contributed by atoms with van der Waals surface area (Å²) >= 11 is 0. The summed E-state index contributed by atoms with van der Waals surface area (Å²) in [5.41, 5.74) is -0.986. The number of rotatable bonds is 16. The predicted octanol–water partition coefficient (Wildman–Crippen LogP) is 4.87. The number of esters is 1. The van der Waals surface area contributed by atoms with Crippen LogP contribution in [0.2, 0.25) is 0 Å². The highest BCUT2D eigenvalue weighted by Gasteiger charge is 2.48. The molecule has 3 rings (SSSR count). The maximum absolute atomic E-state index is 12.8. The smallest absolute Gasteiger partial charge is 0.342 e. The highest BCUT2D eigenvalue weighted by molar-refractivity contribution is 5.83. The molecule has 0 aromatic heterocycles. The normalized spacial score (nSPS) is 21.6. The average molecular weight is 517 g/mol. The Balaban J connectivity index is 1.84. The van der Waals surface area contributed by atoms with Gasteiger partial charge < -0.3 is 33.5 Å². The zero-order chi connectivity index (χ0) is 26.5. The molecule has 0 saturated carbocycles. The largest absolute Gasteiger partial charge is 0.491 e. The lowest BCUT2D eigenvalue weighted by Crippen LogP contribution is -2.51. The minimum atomic E-state index is -1.92. The van der Waals surface area contributed by atoms with Crippen LogP contribution in [0.15, 0.2) is 54.3 Å². The second-order valence-electron chi connectivity index (χ2n) is 9.13. The highest BCUT2D eigenvalue weighted by atomic mass is 16.7. The first-order valence-corrected chi connectivity index (χ1v) is 13.1. The van der Waals surface area contributed by atoms with E-state index in [1.165, 1.54) is 6.08 Å². The van der Waals surface area contributed by atoms with Gasteiger partial charge in [-0.15, -0.1) is 0 Å². The molecule has 0 radical (unpaired) electrons. The molecule has 1 aliphatic rings. The molecule has 2 aromatic carbocycles. The molecule has 8 heteroatoms. The first-order chi connectivity index (χ1) is 18.0. The van der Waals surface area contributed by atoms with E-state index in [1.54, 1.807) is 0 Å². The second kappa shape index (κ2) is 15.1. The van der Waals surface area contributed by atoms with E-state index >= 15 is 0 Å². The molecule has 8 nitrogen and oxygen atoms in total. The quantitative estimate of drug-likeness (QED) is 0.192. The predicted molar refractivity (Wildman–Crippen MR) is 140 cm³/mol. The Morgan fingerprint density at radius 2 is 1.59 bits per heavy atom. The van der Waals surface area contributed by atoms with Crippen molar-refractivity contribution < 1.29 is 38.3 Å². The Morgan fingerprint density at radius 3 is 2.30 bits per heavy atom. The zero-order valence-electron chi connectivity index (χ0n) is 22.1. The van der Waals surface area contributed by atoms with Crippen LogP contribution in [0.3, 0.4) is 0 Å². The maximum Gasteiger partial charge on any atom is 0.342 e. The number of ether oxygens (including phenoxy) is 6. The van der Waals surface area contributed by atoms with Gasteiger partial charge in [-0.2, -0.15) is 0 Å². The molecule has 0 saturated heterocycles. The van der Waals surface area contributed by atoms with Crippen molar-refractivity contribution in [3.05, 3.63) is 59.9 Å². The molecule has 0 aliphatic heterocycles. The van der Waals surface area contributed by atoms with Gasteiger partial charge in [0.1, 0.15) is 32.1 Å². The zero-order valence-corrected chi connectivity index (χ0v) is 22.1. The topological polar surface area (TPSA) is 92.7 Å². The van der Waals surface area contributed by atoms with Crippen LogP contribution in [0, 0.1) is 0 Å². The lowest BCUT2D eigenvalue weighted by atomic mass is 9.86. The van der Waals surface area contributed by atoms with E-state index < -0.39 is 23.8 Å². The number of fused-ring (bicyclic) bond motifs is 1. The van der Waals surface area contributed by atoms with Crippen LogP contribution in [0.4, 0.5) is 0 Å². The SMILES string of the molecule is CCCOCO[C@@H]1C(OCc2ccc3ccccc3c2)=C[C@@](O)(C(=O)OCCC)C[C@H]1OCOCCC. The summed E-state index contributed by atoms with van der Waals surface area (Å²) in [6.07, 6.45) is 2.23. The highest BCUT2D eigenvalue weighted by Crippen LogP contribution is 2.34. The molecule has 0 spiro atoms. The summed E-state index contributed by atoms with van der Waals surface area (Å²) in [6.45, 7) is 7.41. The molecule has 0 heterocycles. The second-order valence-corrected chi connectivity index (χ2v) is 9.13. The molecule has 0 fully saturated rings. The molecule has 37 heavy (non-hydrogen) atoms. The van der Waals surface area contributed by atoms with Crippen LogP contribution < -0.4 is 0 Å². The fraction of sp³-hybridized carbons (Fsp3) is 0.552. The van der Waals surface area contributed by atoms with Crippen LogP contribution in [0.25, 0.3) is 10.8 Å². The maximum atomic E-state index is 12.8. The van der Waals surface area contributed by atoms with Crippen molar-refractivity contribution >= 4 is 16.7 Å². The summed E-state index contributed by atoms with van der Waals surface area (Å²) in [5.74, 6) is -0.458. The third-order valence-electron chi connectivity index (χ3n) is 5.91. The Labute approximate surface area is 219 Å². The molecular formula is C29H40O8. The first-order valence-electron chi connectivity index (χ1n) is 13.1. The molecule has 1 aliphatic carbocycles. The molecular weight excluding hydrogens is 476 g/mol. The molecule has 2 aromatic rings. The Hall–Kier alpha value is -2.49.